The molecule has 0 aromatic carbocycles. The number of anilines is 1. The van der Waals surface area contributed by atoms with Gasteiger partial charge < -0.3 is 10.1 Å². The molecule has 1 atom stereocenters. The maximum absolute atomic E-state index is 12.5. The molecule has 100 valence electrons. The van der Waals surface area contributed by atoms with Gasteiger partial charge >= 0.3 is 6.18 Å². The van der Waals surface area contributed by atoms with Crippen molar-refractivity contribution in [2.45, 2.75) is 25.9 Å². The first kappa shape index (κ1) is 12.7. The van der Waals surface area contributed by atoms with Crippen molar-refractivity contribution in [3.8, 4) is 0 Å². The van der Waals surface area contributed by atoms with Crippen molar-refractivity contribution in [3.05, 3.63) is 22.1 Å². The Morgan fingerprint density at radius 2 is 2.22 bits per heavy atom. The molecule has 1 aliphatic rings. The molecule has 0 saturated carbocycles. The molecule has 9 heteroatoms. The second-order valence-electron chi connectivity index (χ2n) is 3.84. The molecule has 0 bridgehead atoms. The summed E-state index contributed by atoms with van der Waals surface area (Å²) in [6.45, 7) is 3.57. The molecule has 1 aromatic heterocycles. The summed E-state index contributed by atoms with van der Waals surface area (Å²) in [7, 11) is 0. The molecular formula is C9H11F3N4O2. The van der Waals surface area contributed by atoms with Crippen LogP contribution in [0.3, 0.4) is 0 Å². The Labute approximate surface area is 99.7 Å². The van der Waals surface area contributed by atoms with Gasteiger partial charge in [-0.15, -0.1) is 0 Å². The van der Waals surface area contributed by atoms with E-state index in [9.17, 15) is 18.0 Å². The van der Waals surface area contributed by atoms with Crippen LogP contribution in [0.15, 0.2) is 10.9 Å². The molecule has 0 saturated heterocycles. The lowest BCUT2D eigenvalue weighted by Gasteiger charge is -2.23. The molecule has 2 rings (SSSR count). The zero-order valence-electron chi connectivity index (χ0n) is 9.63. The number of nitrogens with one attached hydrogen (secondary N) is 2. The van der Waals surface area contributed by atoms with Crippen molar-refractivity contribution in [3.63, 3.8) is 0 Å². The van der Waals surface area contributed by atoms with Gasteiger partial charge in [-0.05, 0) is 6.92 Å². The van der Waals surface area contributed by atoms with Crippen LogP contribution in [0.5, 0.6) is 0 Å². The normalized spacial score (nSPS) is 22.3. The van der Waals surface area contributed by atoms with Crippen LogP contribution >= 0.6 is 0 Å². The number of aromatic nitrogens is 2. The molecule has 18 heavy (non-hydrogen) atoms. The van der Waals surface area contributed by atoms with Gasteiger partial charge in [-0.3, -0.25) is 10.2 Å². The van der Waals surface area contributed by atoms with Gasteiger partial charge in [0.1, 0.15) is 0 Å². The molecule has 0 aliphatic carbocycles. The van der Waals surface area contributed by atoms with Crippen LogP contribution in [0.4, 0.5) is 19.1 Å². The summed E-state index contributed by atoms with van der Waals surface area (Å²) >= 11 is 0. The first-order valence-corrected chi connectivity index (χ1v) is 5.17. The summed E-state index contributed by atoms with van der Waals surface area (Å²) in [4.78, 5) is 14.9. The summed E-state index contributed by atoms with van der Waals surface area (Å²) in [6, 6.07) is 0.426. The molecule has 2 heterocycles. The highest BCUT2D eigenvalue weighted by Crippen LogP contribution is 2.28. The number of halogens is 3. The van der Waals surface area contributed by atoms with Crippen molar-refractivity contribution in [2.75, 3.05) is 17.3 Å². The van der Waals surface area contributed by atoms with E-state index in [0.29, 0.717) is 12.7 Å². The Balaban J connectivity index is 2.42. The van der Waals surface area contributed by atoms with Crippen LogP contribution < -0.4 is 16.3 Å². The number of hydrogen-bond acceptors (Lipinski definition) is 5. The highest BCUT2D eigenvalue weighted by molar-refractivity contribution is 5.38. The Bertz CT molecular complexity index is 528. The summed E-state index contributed by atoms with van der Waals surface area (Å²) in [5.74, 6) is -1.39. The predicted octanol–water partition coefficient (Wildman–Crippen LogP) is 0.941. The van der Waals surface area contributed by atoms with Crippen LogP contribution in [0.1, 0.15) is 19.5 Å². The summed E-state index contributed by atoms with van der Waals surface area (Å²) in [5.41, 5.74) is 0.500. The fourth-order valence-electron chi connectivity index (χ4n) is 1.63. The van der Waals surface area contributed by atoms with Crippen molar-refractivity contribution in [1.29, 1.82) is 0 Å². The molecular weight excluding hydrogens is 253 g/mol. The highest BCUT2D eigenvalue weighted by Gasteiger charge is 2.38. The average Bonchev–Trinajstić information content (AvgIpc) is 2.54. The first-order valence-electron chi connectivity index (χ1n) is 5.17. The highest BCUT2D eigenvalue weighted by atomic mass is 19.4. The third-order valence-electron chi connectivity index (χ3n) is 2.32. The second kappa shape index (κ2) is 3.87. The molecule has 0 spiro atoms. The summed E-state index contributed by atoms with van der Waals surface area (Å²) < 4.78 is 43.6. The van der Waals surface area contributed by atoms with Gasteiger partial charge in [0, 0.05) is 19.6 Å². The van der Waals surface area contributed by atoms with Gasteiger partial charge in [0.15, 0.2) is 5.69 Å². The molecule has 1 aliphatic heterocycles. The third kappa shape index (κ3) is 2.13. The number of nitrogens with zero attached hydrogens (tertiary/aromatic N) is 2. The zero-order chi connectivity index (χ0) is 13.6. The number of rotatable bonds is 2. The molecule has 2 N–H and O–H groups in total. The number of hydrogen-bond donors (Lipinski definition) is 2. The van der Waals surface area contributed by atoms with E-state index < -0.39 is 23.3 Å². The lowest BCUT2D eigenvalue weighted by molar-refractivity contribution is -0.141. The zero-order valence-corrected chi connectivity index (χ0v) is 9.63. The van der Waals surface area contributed by atoms with E-state index in [1.54, 1.807) is 6.92 Å². The topological polar surface area (TPSA) is 68.2 Å². The largest absolute Gasteiger partial charge is 0.433 e. The number of ether oxygens (including phenoxy) is 1. The quantitative estimate of drug-likeness (QED) is 0.832. The maximum atomic E-state index is 12.5. The van der Waals surface area contributed by atoms with Crippen molar-refractivity contribution in [2.24, 2.45) is 0 Å². The maximum Gasteiger partial charge on any atom is 0.433 e. The minimum atomic E-state index is -4.67. The minimum Gasteiger partial charge on any atom is -0.338 e. The van der Waals surface area contributed by atoms with E-state index in [1.165, 1.54) is 6.92 Å². The SMILES string of the molecule is CCOC1(C)Nc2nc(C(F)(F)F)cc(=O)n2N1. The number of fused-ring (bicyclic) bond motifs is 1. The van der Waals surface area contributed by atoms with Gasteiger partial charge in [-0.25, -0.2) is 4.98 Å². The molecule has 1 unspecified atom stereocenters. The average molecular weight is 264 g/mol. The Kier molecular flexibility index (Phi) is 2.73. The van der Waals surface area contributed by atoms with E-state index in [-0.39, 0.29) is 5.95 Å². The standard InChI is InChI=1S/C9H11F3N4O2/c1-3-18-8(2)14-7-13-5(9(10,11)12)4-6(17)16(7)15-8/h4,15H,3H2,1-2H3,(H,13,14). The van der Waals surface area contributed by atoms with Gasteiger partial charge in [-0.1, -0.05) is 0 Å². The molecule has 0 amide bonds. The van der Waals surface area contributed by atoms with E-state index in [2.05, 4.69) is 15.7 Å². The van der Waals surface area contributed by atoms with E-state index in [0.717, 1.165) is 4.68 Å². The van der Waals surface area contributed by atoms with Crippen LogP contribution in [0.2, 0.25) is 0 Å². The Morgan fingerprint density at radius 3 is 2.78 bits per heavy atom. The van der Waals surface area contributed by atoms with Crippen molar-refractivity contribution >= 4 is 5.95 Å². The predicted molar refractivity (Wildman–Crippen MR) is 56.5 cm³/mol. The van der Waals surface area contributed by atoms with Gasteiger partial charge in [0.25, 0.3) is 5.56 Å². The van der Waals surface area contributed by atoms with Gasteiger partial charge in [-0.2, -0.15) is 17.8 Å². The van der Waals surface area contributed by atoms with E-state index in [4.69, 9.17) is 4.74 Å². The summed E-state index contributed by atoms with van der Waals surface area (Å²) in [5, 5.41) is 2.58. The van der Waals surface area contributed by atoms with Gasteiger partial charge in [0.2, 0.25) is 11.8 Å². The molecule has 0 radical (unpaired) electrons. The molecule has 6 nitrogen and oxygen atoms in total. The van der Waals surface area contributed by atoms with Crippen LogP contribution in [0.25, 0.3) is 0 Å². The summed E-state index contributed by atoms with van der Waals surface area (Å²) in [6.07, 6.45) is -4.67. The van der Waals surface area contributed by atoms with Crippen LogP contribution in [0, 0.1) is 0 Å². The van der Waals surface area contributed by atoms with E-state index >= 15 is 0 Å². The third-order valence-corrected chi connectivity index (χ3v) is 2.32. The fourth-order valence-corrected chi connectivity index (χ4v) is 1.63. The lowest BCUT2D eigenvalue weighted by Crippen LogP contribution is -2.44. The fraction of sp³-hybridized carbons (Fsp3) is 0.556. The smallest absolute Gasteiger partial charge is 0.338 e. The van der Waals surface area contributed by atoms with Crippen molar-refractivity contribution < 1.29 is 17.9 Å². The number of alkyl halides is 3. The second-order valence-corrected chi connectivity index (χ2v) is 3.84. The monoisotopic (exact) mass is 264 g/mol. The first-order chi connectivity index (χ1) is 8.25. The Morgan fingerprint density at radius 1 is 1.56 bits per heavy atom. The molecule has 1 aromatic rings. The van der Waals surface area contributed by atoms with Crippen LogP contribution in [-0.4, -0.2) is 22.1 Å². The minimum absolute atomic E-state index is 0.231. The van der Waals surface area contributed by atoms with Crippen molar-refractivity contribution in [1.82, 2.24) is 9.66 Å². The lowest BCUT2D eigenvalue weighted by atomic mass is 10.4. The Hall–Kier alpha value is -1.77. The van der Waals surface area contributed by atoms with Crippen LogP contribution in [-0.2, 0) is 10.9 Å². The van der Waals surface area contributed by atoms with E-state index in [1.807, 2.05) is 0 Å². The van der Waals surface area contributed by atoms with Gasteiger partial charge in [0.05, 0.1) is 0 Å². The molecule has 0 fully saturated rings.